The normalized spacial score (nSPS) is 21.6. The lowest BCUT2D eigenvalue weighted by atomic mass is 9.76. The Labute approximate surface area is 195 Å². The minimum Gasteiger partial charge on any atom is -0.384 e. The van der Waals surface area contributed by atoms with Crippen molar-refractivity contribution < 1.29 is 9.59 Å². The van der Waals surface area contributed by atoms with Gasteiger partial charge in [0.2, 0.25) is 11.8 Å². The first-order valence-electron chi connectivity index (χ1n) is 12.1. The van der Waals surface area contributed by atoms with Gasteiger partial charge in [0.05, 0.1) is 5.41 Å². The number of pyridine rings is 1. The molecule has 1 aromatic carbocycles. The molecule has 3 fully saturated rings. The fourth-order valence-electron chi connectivity index (χ4n) is 5.74. The lowest BCUT2D eigenvalue weighted by Crippen LogP contribution is -2.49. The molecule has 3 saturated heterocycles. The van der Waals surface area contributed by atoms with Gasteiger partial charge >= 0.3 is 0 Å². The Kier molecular flexibility index (Phi) is 6.06. The van der Waals surface area contributed by atoms with Crippen molar-refractivity contribution in [3.05, 3.63) is 54.2 Å². The molecule has 0 saturated carbocycles. The molecule has 3 aliphatic heterocycles. The van der Waals surface area contributed by atoms with Gasteiger partial charge in [0, 0.05) is 44.0 Å². The van der Waals surface area contributed by atoms with Crippen LogP contribution in [0.5, 0.6) is 0 Å². The van der Waals surface area contributed by atoms with Crippen LogP contribution >= 0.6 is 0 Å². The summed E-state index contributed by atoms with van der Waals surface area (Å²) in [5, 5.41) is 0. The van der Waals surface area contributed by atoms with Crippen molar-refractivity contribution >= 4 is 23.3 Å². The molecule has 2 aromatic rings. The summed E-state index contributed by atoms with van der Waals surface area (Å²) in [6, 6.07) is 13.9. The molecule has 0 aliphatic carbocycles. The molecule has 0 bridgehead atoms. The number of benzene rings is 1. The molecule has 3 aliphatic rings. The summed E-state index contributed by atoms with van der Waals surface area (Å²) in [5.41, 5.74) is 7.66. The Morgan fingerprint density at radius 3 is 2.39 bits per heavy atom. The van der Waals surface area contributed by atoms with E-state index in [-0.39, 0.29) is 23.1 Å². The van der Waals surface area contributed by atoms with E-state index in [2.05, 4.69) is 9.88 Å². The topological polar surface area (TPSA) is 82.8 Å². The highest BCUT2D eigenvalue weighted by atomic mass is 16.2. The number of rotatable bonds is 4. The van der Waals surface area contributed by atoms with Crippen molar-refractivity contribution in [2.75, 3.05) is 43.4 Å². The van der Waals surface area contributed by atoms with Crippen molar-refractivity contribution in [2.24, 2.45) is 11.3 Å². The van der Waals surface area contributed by atoms with Gasteiger partial charge in [-0.2, -0.15) is 0 Å². The Bertz CT molecular complexity index is 995. The number of anilines is 2. The highest BCUT2D eigenvalue weighted by Gasteiger charge is 2.49. The summed E-state index contributed by atoms with van der Waals surface area (Å²) in [6.45, 7) is 4.85. The fraction of sp³-hybridized carbons (Fsp3) is 0.500. The van der Waals surface area contributed by atoms with Crippen molar-refractivity contribution in [3.8, 4) is 0 Å². The lowest BCUT2D eigenvalue weighted by molar-refractivity contribution is -0.142. The van der Waals surface area contributed by atoms with Crippen LogP contribution in [0.1, 0.15) is 37.7 Å². The molecule has 4 heterocycles. The van der Waals surface area contributed by atoms with E-state index in [9.17, 15) is 9.59 Å². The molecule has 1 aromatic heterocycles. The zero-order chi connectivity index (χ0) is 22.8. The Balaban J connectivity index is 1.12. The molecule has 7 heteroatoms. The number of nitrogens with two attached hydrogens (primary N) is 1. The number of nitrogen functional groups attached to an aromatic ring is 1. The van der Waals surface area contributed by atoms with Gasteiger partial charge in [-0.25, -0.2) is 4.98 Å². The quantitative estimate of drug-likeness (QED) is 0.779. The monoisotopic (exact) mass is 447 g/mol. The van der Waals surface area contributed by atoms with Crippen LogP contribution in [-0.4, -0.2) is 59.3 Å². The molecule has 7 nitrogen and oxygen atoms in total. The molecule has 0 atom stereocenters. The van der Waals surface area contributed by atoms with Gasteiger partial charge in [-0.3, -0.25) is 14.5 Å². The van der Waals surface area contributed by atoms with Gasteiger partial charge in [0.25, 0.3) is 0 Å². The highest BCUT2D eigenvalue weighted by Crippen LogP contribution is 2.43. The number of piperidine rings is 2. The lowest BCUT2D eigenvalue weighted by Gasteiger charge is -2.40. The Morgan fingerprint density at radius 1 is 1.00 bits per heavy atom. The summed E-state index contributed by atoms with van der Waals surface area (Å²) >= 11 is 0. The second-order valence-electron chi connectivity index (χ2n) is 9.79. The number of likely N-dealkylation sites (tertiary alicyclic amines) is 2. The predicted octanol–water partition coefficient (Wildman–Crippen LogP) is 2.92. The van der Waals surface area contributed by atoms with Gasteiger partial charge in [0.1, 0.15) is 5.82 Å². The zero-order valence-electron chi connectivity index (χ0n) is 19.2. The van der Waals surface area contributed by atoms with Crippen LogP contribution in [0.2, 0.25) is 0 Å². The first-order valence-corrected chi connectivity index (χ1v) is 12.1. The summed E-state index contributed by atoms with van der Waals surface area (Å²) < 4.78 is 0. The van der Waals surface area contributed by atoms with Crippen molar-refractivity contribution in [2.45, 2.75) is 38.6 Å². The first-order chi connectivity index (χ1) is 16.0. The molecule has 2 amide bonds. The van der Waals surface area contributed by atoms with Crippen LogP contribution in [0.15, 0.2) is 48.7 Å². The number of nitrogens with zero attached hydrogens (tertiary/aromatic N) is 4. The van der Waals surface area contributed by atoms with E-state index in [1.807, 2.05) is 52.3 Å². The molecule has 1 spiro atoms. The molecule has 33 heavy (non-hydrogen) atoms. The number of hydrogen-bond donors (Lipinski definition) is 1. The number of carbonyl (C=O) groups is 2. The van der Waals surface area contributed by atoms with Crippen LogP contribution in [0.3, 0.4) is 0 Å². The van der Waals surface area contributed by atoms with E-state index < -0.39 is 0 Å². The fourth-order valence-corrected chi connectivity index (χ4v) is 5.74. The molecule has 5 rings (SSSR count). The van der Waals surface area contributed by atoms with Gasteiger partial charge in [0.15, 0.2) is 0 Å². The second kappa shape index (κ2) is 9.14. The largest absolute Gasteiger partial charge is 0.384 e. The zero-order valence-corrected chi connectivity index (χ0v) is 19.2. The number of hydrogen-bond acceptors (Lipinski definition) is 5. The third kappa shape index (κ3) is 4.47. The van der Waals surface area contributed by atoms with Crippen LogP contribution in [0.4, 0.5) is 11.5 Å². The maximum Gasteiger partial charge on any atom is 0.233 e. The van der Waals surface area contributed by atoms with Crippen LogP contribution in [0, 0.1) is 11.3 Å². The summed E-state index contributed by atoms with van der Waals surface area (Å²) in [6.07, 6.45) is 5.98. The molecule has 2 N–H and O–H groups in total. The van der Waals surface area contributed by atoms with Crippen molar-refractivity contribution in [3.63, 3.8) is 0 Å². The van der Waals surface area contributed by atoms with E-state index in [4.69, 9.17) is 5.73 Å². The van der Waals surface area contributed by atoms with E-state index >= 15 is 0 Å². The van der Waals surface area contributed by atoms with Crippen LogP contribution in [0.25, 0.3) is 0 Å². The predicted molar refractivity (Wildman–Crippen MR) is 128 cm³/mol. The van der Waals surface area contributed by atoms with Crippen molar-refractivity contribution in [1.29, 1.82) is 0 Å². The summed E-state index contributed by atoms with van der Waals surface area (Å²) in [7, 11) is 0. The summed E-state index contributed by atoms with van der Waals surface area (Å²) in [5.74, 6) is 1.17. The van der Waals surface area contributed by atoms with Gasteiger partial charge in [-0.1, -0.05) is 18.2 Å². The number of para-hydroxylation sites is 1. The maximum atomic E-state index is 13.3. The molecular weight excluding hydrogens is 414 g/mol. The number of aromatic nitrogens is 1. The van der Waals surface area contributed by atoms with Gasteiger partial charge in [-0.05, 0) is 75.0 Å². The smallest absolute Gasteiger partial charge is 0.233 e. The van der Waals surface area contributed by atoms with Gasteiger partial charge < -0.3 is 15.5 Å². The molecular formula is C26H33N5O2. The van der Waals surface area contributed by atoms with E-state index in [1.165, 1.54) is 5.56 Å². The van der Waals surface area contributed by atoms with Crippen LogP contribution < -0.4 is 10.6 Å². The van der Waals surface area contributed by atoms with Crippen molar-refractivity contribution in [1.82, 2.24) is 14.8 Å². The van der Waals surface area contributed by atoms with Gasteiger partial charge in [-0.15, -0.1) is 0 Å². The minimum atomic E-state index is -0.289. The number of amides is 2. The van der Waals surface area contributed by atoms with Crippen LogP contribution in [-0.2, 0) is 16.1 Å². The van der Waals surface area contributed by atoms with E-state index in [1.54, 1.807) is 6.20 Å². The average molecular weight is 448 g/mol. The Morgan fingerprint density at radius 2 is 1.70 bits per heavy atom. The second-order valence-corrected chi connectivity index (χ2v) is 9.79. The summed E-state index contributed by atoms with van der Waals surface area (Å²) in [4.78, 5) is 36.9. The SMILES string of the molecule is Nc1cc(CN2CCC(C(=O)N3CCC4(CC3)CCN(c3ccccc3)C4=O)CC2)ccn1. The maximum absolute atomic E-state index is 13.3. The standard InChI is InChI=1S/C26H33N5O2/c27-23-18-20(6-12-28-23)19-29-13-7-21(8-14-29)24(32)30-15-9-26(10-16-30)11-17-31(25(26)33)22-4-2-1-3-5-22/h1-6,12,18,21H,7-11,13-17,19H2,(H2,27,28). The van der Waals surface area contributed by atoms with E-state index in [0.717, 1.165) is 64.0 Å². The average Bonchev–Trinajstić information content (AvgIpc) is 3.16. The third-order valence-corrected chi connectivity index (χ3v) is 7.80. The molecule has 174 valence electrons. The minimum absolute atomic E-state index is 0.0953. The highest BCUT2D eigenvalue weighted by molar-refractivity contribution is 6.00. The number of carbonyl (C=O) groups excluding carboxylic acids is 2. The first kappa shape index (κ1) is 21.9. The molecule has 0 unspecified atom stereocenters. The third-order valence-electron chi connectivity index (χ3n) is 7.80. The molecule has 0 radical (unpaired) electrons. The van der Waals surface area contributed by atoms with E-state index in [0.29, 0.717) is 18.9 Å². The Hall–Kier alpha value is -2.93.